The smallest absolute Gasteiger partial charge is 0.258 e. The summed E-state index contributed by atoms with van der Waals surface area (Å²) >= 11 is 22.4. The second-order valence-electron chi connectivity index (χ2n) is 8.64. The molecular weight excluding hydrogens is 530 g/mol. The summed E-state index contributed by atoms with van der Waals surface area (Å²) in [6.07, 6.45) is 2.58. The predicted molar refractivity (Wildman–Crippen MR) is 128 cm³/mol. The van der Waals surface area contributed by atoms with Crippen LogP contribution in [0.2, 0.25) is 0 Å². The van der Waals surface area contributed by atoms with Crippen molar-refractivity contribution in [3.05, 3.63) is 48.3 Å². The van der Waals surface area contributed by atoms with Crippen LogP contribution in [-0.4, -0.2) is 55.8 Å². The lowest BCUT2D eigenvalue weighted by molar-refractivity contribution is -0.145. The molecular formula is C22H26Cl4N2O6. The minimum absolute atomic E-state index is 0.281. The highest BCUT2D eigenvalue weighted by atomic mass is 35.5. The molecule has 2 aliphatic rings. The molecule has 2 aliphatic heterocycles. The lowest BCUT2D eigenvalue weighted by Gasteiger charge is -2.29. The Kier molecular flexibility index (Phi) is 8.54. The van der Waals surface area contributed by atoms with Crippen LogP contribution in [0.15, 0.2) is 45.6 Å². The zero-order chi connectivity index (χ0) is 25.3. The average molecular weight is 556 g/mol. The van der Waals surface area contributed by atoms with E-state index in [0.717, 1.165) is 0 Å². The summed E-state index contributed by atoms with van der Waals surface area (Å²) in [5.41, 5.74) is -1.48. The summed E-state index contributed by atoms with van der Waals surface area (Å²) in [6.45, 7) is 7.95. The first-order valence-corrected chi connectivity index (χ1v) is 12.2. The van der Waals surface area contributed by atoms with Crippen LogP contribution in [0.25, 0.3) is 0 Å². The molecule has 0 saturated carbocycles. The van der Waals surface area contributed by atoms with Gasteiger partial charge in [-0.1, -0.05) is 46.4 Å². The fraction of sp³-hybridized carbons (Fsp3) is 0.545. The topological polar surface area (TPSA) is 85.4 Å². The van der Waals surface area contributed by atoms with Crippen molar-refractivity contribution in [1.82, 2.24) is 9.80 Å². The molecule has 2 unspecified atom stereocenters. The number of halogens is 4. The molecule has 4 rings (SSSR count). The van der Waals surface area contributed by atoms with Crippen LogP contribution in [0.1, 0.15) is 51.4 Å². The van der Waals surface area contributed by atoms with E-state index in [0.29, 0.717) is 24.6 Å². The number of hydrogen-bond acceptors (Lipinski definition) is 6. The SMILES string of the molecule is CC1(C)OC(c2ccco2)CN1C(=O)C(Cl)Cl.CC1(C)OC(c2ccco2)CN1C(=O)C(Cl)Cl. The third-order valence-corrected chi connectivity index (χ3v) is 6.23. The monoisotopic (exact) mass is 554 g/mol. The fourth-order valence-corrected chi connectivity index (χ4v) is 4.33. The highest BCUT2D eigenvalue weighted by Gasteiger charge is 2.46. The number of amides is 2. The van der Waals surface area contributed by atoms with Crippen LogP contribution >= 0.6 is 46.4 Å². The van der Waals surface area contributed by atoms with Crippen molar-refractivity contribution in [1.29, 1.82) is 0 Å². The third-order valence-electron chi connectivity index (χ3n) is 5.48. The Morgan fingerprint density at radius 2 is 1.15 bits per heavy atom. The number of furan rings is 2. The summed E-state index contributed by atoms with van der Waals surface area (Å²) < 4.78 is 22.1. The molecule has 12 heteroatoms. The lowest BCUT2D eigenvalue weighted by atomic mass is 10.2. The third kappa shape index (κ3) is 6.04. The molecule has 0 bridgehead atoms. The van der Waals surface area contributed by atoms with Crippen LogP contribution in [0.3, 0.4) is 0 Å². The molecule has 0 aromatic carbocycles. The zero-order valence-electron chi connectivity index (χ0n) is 19.0. The van der Waals surface area contributed by atoms with Gasteiger partial charge in [-0.05, 0) is 52.0 Å². The van der Waals surface area contributed by atoms with E-state index in [9.17, 15) is 9.59 Å². The summed E-state index contributed by atoms with van der Waals surface area (Å²) in [4.78, 5) is 24.5. The van der Waals surface area contributed by atoms with Crippen molar-refractivity contribution in [3.63, 3.8) is 0 Å². The number of hydrogen-bond donors (Lipinski definition) is 0. The molecule has 2 amide bonds. The summed E-state index contributed by atoms with van der Waals surface area (Å²) in [7, 11) is 0. The zero-order valence-corrected chi connectivity index (χ0v) is 22.1. The van der Waals surface area contributed by atoms with E-state index in [1.807, 2.05) is 12.1 Å². The highest BCUT2D eigenvalue weighted by Crippen LogP contribution is 2.37. The molecule has 4 heterocycles. The van der Waals surface area contributed by atoms with Crippen molar-refractivity contribution in [2.45, 2.75) is 61.0 Å². The first-order chi connectivity index (χ1) is 15.8. The molecule has 34 heavy (non-hydrogen) atoms. The first kappa shape index (κ1) is 27.2. The van der Waals surface area contributed by atoms with E-state index in [4.69, 9.17) is 64.7 Å². The molecule has 0 aliphatic carbocycles. The normalized spacial score (nSPS) is 23.4. The van der Waals surface area contributed by atoms with Gasteiger partial charge in [0, 0.05) is 0 Å². The minimum atomic E-state index is -1.08. The molecule has 0 N–H and O–H groups in total. The van der Waals surface area contributed by atoms with Gasteiger partial charge in [0.05, 0.1) is 25.6 Å². The Balaban J connectivity index is 0.000000191. The number of nitrogens with zero attached hydrogens (tertiary/aromatic N) is 2. The standard InChI is InChI=1S/2C11H13Cl2NO3/c2*1-11(2)14(10(15)9(12)13)6-8(17-11)7-4-3-5-16-7/h2*3-5,8-9H,6H2,1-2H3. The molecule has 2 aromatic rings. The van der Waals surface area contributed by atoms with Crippen LogP contribution in [0, 0.1) is 0 Å². The van der Waals surface area contributed by atoms with Gasteiger partial charge < -0.3 is 28.1 Å². The molecule has 2 fully saturated rings. The largest absolute Gasteiger partial charge is 0.467 e. The van der Waals surface area contributed by atoms with E-state index in [1.54, 1.807) is 52.4 Å². The molecule has 2 saturated heterocycles. The van der Waals surface area contributed by atoms with Crippen molar-refractivity contribution in [2.24, 2.45) is 0 Å². The van der Waals surface area contributed by atoms with Crippen molar-refractivity contribution in [3.8, 4) is 0 Å². The molecule has 8 nitrogen and oxygen atoms in total. The van der Waals surface area contributed by atoms with E-state index in [1.165, 1.54) is 9.80 Å². The Labute approximate surface area is 217 Å². The van der Waals surface area contributed by atoms with Gasteiger partial charge in [0.25, 0.3) is 11.8 Å². The summed E-state index contributed by atoms with van der Waals surface area (Å²) in [5, 5.41) is 0. The molecule has 2 aromatic heterocycles. The maximum Gasteiger partial charge on any atom is 0.258 e. The summed E-state index contributed by atoms with van der Waals surface area (Å²) in [5.74, 6) is 0.669. The Hall–Kier alpha value is -1.42. The van der Waals surface area contributed by atoms with Gasteiger partial charge in [-0.2, -0.15) is 0 Å². The number of carbonyl (C=O) groups excluding carboxylic acids is 2. The van der Waals surface area contributed by atoms with Crippen LogP contribution < -0.4 is 0 Å². The maximum atomic E-state index is 11.8. The molecule has 188 valence electrons. The van der Waals surface area contributed by atoms with Gasteiger partial charge in [0.2, 0.25) is 0 Å². The Bertz CT molecular complexity index is 884. The van der Waals surface area contributed by atoms with Gasteiger partial charge in [-0.25, -0.2) is 0 Å². The number of carbonyl (C=O) groups is 2. The number of ether oxygens (including phenoxy) is 2. The predicted octanol–water partition coefficient (Wildman–Crippen LogP) is 5.44. The highest BCUT2D eigenvalue weighted by molar-refractivity contribution is 6.53. The first-order valence-electron chi connectivity index (χ1n) is 10.4. The van der Waals surface area contributed by atoms with Gasteiger partial charge in [0.15, 0.2) is 9.67 Å². The molecule has 2 atom stereocenters. The molecule has 0 radical (unpaired) electrons. The second kappa shape index (κ2) is 10.7. The van der Waals surface area contributed by atoms with E-state index in [2.05, 4.69) is 0 Å². The van der Waals surface area contributed by atoms with E-state index >= 15 is 0 Å². The van der Waals surface area contributed by atoms with Crippen molar-refractivity contribution >= 4 is 58.2 Å². The van der Waals surface area contributed by atoms with Crippen LogP contribution in [-0.2, 0) is 19.1 Å². The van der Waals surface area contributed by atoms with E-state index in [-0.39, 0.29) is 24.0 Å². The lowest BCUT2D eigenvalue weighted by Crippen LogP contribution is -2.45. The Morgan fingerprint density at radius 3 is 1.41 bits per heavy atom. The maximum absolute atomic E-state index is 11.8. The van der Waals surface area contributed by atoms with Crippen molar-refractivity contribution in [2.75, 3.05) is 13.1 Å². The molecule has 0 spiro atoms. The number of alkyl halides is 4. The van der Waals surface area contributed by atoms with Crippen molar-refractivity contribution < 1.29 is 27.9 Å². The van der Waals surface area contributed by atoms with Gasteiger partial charge in [-0.15, -0.1) is 0 Å². The van der Waals surface area contributed by atoms with Crippen LogP contribution in [0.4, 0.5) is 0 Å². The van der Waals surface area contributed by atoms with E-state index < -0.39 is 21.1 Å². The second-order valence-corrected chi connectivity index (χ2v) is 10.8. The average Bonchev–Trinajstić information content (AvgIpc) is 3.53. The summed E-state index contributed by atoms with van der Waals surface area (Å²) in [6, 6.07) is 7.19. The fourth-order valence-electron chi connectivity index (χ4n) is 3.86. The van der Waals surface area contributed by atoms with Gasteiger partial charge >= 0.3 is 0 Å². The van der Waals surface area contributed by atoms with Gasteiger partial charge in [0.1, 0.15) is 35.2 Å². The Morgan fingerprint density at radius 1 is 0.794 bits per heavy atom. The van der Waals surface area contributed by atoms with Crippen LogP contribution in [0.5, 0.6) is 0 Å². The number of rotatable bonds is 4. The van der Waals surface area contributed by atoms with Gasteiger partial charge in [-0.3, -0.25) is 9.59 Å². The minimum Gasteiger partial charge on any atom is -0.467 e. The quantitative estimate of drug-likeness (QED) is 0.467.